The molecule has 3 aromatic carbocycles. The van der Waals surface area contributed by atoms with E-state index in [0.717, 1.165) is 36.4 Å². The smallest absolute Gasteiger partial charge is 0.356 e. The van der Waals surface area contributed by atoms with Gasteiger partial charge in [-0.05, 0) is 66.7 Å². The predicted molar refractivity (Wildman–Crippen MR) is 249 cm³/mol. The number of aromatic hydroxyl groups is 2. The van der Waals surface area contributed by atoms with Crippen LogP contribution in [0.3, 0.4) is 0 Å². The van der Waals surface area contributed by atoms with E-state index in [2.05, 4.69) is 30.2 Å². The van der Waals surface area contributed by atoms with Crippen molar-refractivity contribution in [2.75, 3.05) is 32.4 Å². The number of thiazole rings is 3. The molecule has 20 nitrogen and oxygen atoms in total. The van der Waals surface area contributed by atoms with Gasteiger partial charge in [0.05, 0.1) is 75.7 Å². The molecule has 0 bridgehead atoms. The number of nitrogens with two attached hydrogens (primary N) is 1. The number of nitrogens with zero attached hydrogens (tertiary/aromatic N) is 8. The monoisotopic (exact) mass is 946 g/mol. The summed E-state index contributed by atoms with van der Waals surface area (Å²) >= 11 is 4.19. The number of amides is 1. The van der Waals surface area contributed by atoms with E-state index in [1.807, 2.05) is 22.6 Å². The molecule has 11 rings (SSSR count). The Balaban J connectivity index is 0.000000126. The highest BCUT2D eigenvalue weighted by molar-refractivity contribution is 7.24. The Hall–Kier alpha value is -8.54. The average Bonchev–Trinajstić information content (AvgIpc) is 4.16. The van der Waals surface area contributed by atoms with Crippen molar-refractivity contribution in [1.82, 2.24) is 38.1 Å². The highest BCUT2D eigenvalue weighted by atomic mass is 32.1. The molecule has 0 saturated heterocycles. The molecule has 0 spiro atoms. The number of carbonyl (C=O) groups is 3. The van der Waals surface area contributed by atoms with Crippen molar-refractivity contribution in [2.45, 2.75) is 0 Å². The largest absolute Gasteiger partial charge is 0.508 e. The third-order valence-electron chi connectivity index (χ3n) is 9.30. The van der Waals surface area contributed by atoms with E-state index >= 15 is 0 Å². The fraction of sp³-hybridized carbons (Fsp3) is 0.0698. The lowest BCUT2D eigenvalue weighted by molar-refractivity contribution is 0.0680. The third-order valence-corrected chi connectivity index (χ3v) is 12.4. The first-order valence-corrected chi connectivity index (χ1v) is 21.5. The van der Waals surface area contributed by atoms with Crippen LogP contribution in [0.25, 0.3) is 45.5 Å². The van der Waals surface area contributed by atoms with Crippen LogP contribution in [0.15, 0.2) is 110 Å². The zero-order valence-corrected chi connectivity index (χ0v) is 37.0. The molecule has 0 fully saturated rings. The summed E-state index contributed by atoms with van der Waals surface area (Å²) in [6.45, 7) is 0. The van der Waals surface area contributed by atoms with Crippen molar-refractivity contribution >= 4 is 109 Å². The molecule has 66 heavy (non-hydrogen) atoms. The Kier molecular flexibility index (Phi) is 12.5. The minimum Gasteiger partial charge on any atom is -0.508 e. The Morgan fingerprint density at radius 2 is 1.03 bits per heavy atom. The van der Waals surface area contributed by atoms with Crippen molar-refractivity contribution in [2.24, 2.45) is 0 Å². The van der Waals surface area contributed by atoms with Crippen LogP contribution in [0.5, 0.6) is 29.0 Å². The maximum atomic E-state index is 12.3. The number of fused-ring (bicyclic) bond motifs is 9. The molecule has 334 valence electrons. The number of pyridine rings is 2. The number of imidazole rings is 3. The Morgan fingerprint density at radius 3 is 1.47 bits per heavy atom. The number of hydrogen-bond acceptors (Lipinski definition) is 17. The van der Waals surface area contributed by atoms with Crippen LogP contribution in [0.1, 0.15) is 31.5 Å². The number of phenols is 2. The highest BCUT2D eigenvalue weighted by Crippen LogP contribution is 2.32. The fourth-order valence-electron chi connectivity index (χ4n) is 6.19. The van der Waals surface area contributed by atoms with E-state index in [1.54, 1.807) is 96.1 Å². The molecule has 0 aliphatic rings. The van der Waals surface area contributed by atoms with Crippen LogP contribution in [-0.2, 0) is 0 Å². The summed E-state index contributed by atoms with van der Waals surface area (Å²) in [5, 5.41) is 39.3. The molecule has 11 aromatic rings. The molecule has 0 unspecified atom stereocenters. The average molecular weight is 947 g/mol. The molecular weight excluding hydrogens is 913 g/mol. The lowest BCUT2D eigenvalue weighted by Crippen LogP contribution is -2.12. The Labute approximate surface area is 382 Å². The summed E-state index contributed by atoms with van der Waals surface area (Å²) in [7, 11) is 4.71. The predicted octanol–water partition coefficient (Wildman–Crippen LogP) is 7.79. The number of anilines is 2. The van der Waals surface area contributed by atoms with Gasteiger partial charge in [-0.3, -0.25) is 18.0 Å². The summed E-state index contributed by atoms with van der Waals surface area (Å²) in [6, 6.07) is 22.5. The maximum absolute atomic E-state index is 12.3. The molecule has 7 N–H and O–H groups in total. The normalized spacial score (nSPS) is 10.8. The van der Waals surface area contributed by atoms with E-state index in [4.69, 9.17) is 30.2 Å². The number of carboxylic acids is 2. The van der Waals surface area contributed by atoms with Gasteiger partial charge in [0.2, 0.25) is 11.8 Å². The van der Waals surface area contributed by atoms with Gasteiger partial charge in [-0.15, -0.1) is 0 Å². The topological polar surface area (TPSA) is 276 Å². The molecule has 8 aromatic heterocycles. The fourth-order valence-corrected chi connectivity index (χ4v) is 9.30. The van der Waals surface area contributed by atoms with E-state index in [9.17, 15) is 24.6 Å². The van der Waals surface area contributed by atoms with E-state index in [1.165, 1.54) is 59.7 Å². The minimum absolute atomic E-state index is 0.0289. The second-order valence-electron chi connectivity index (χ2n) is 13.6. The van der Waals surface area contributed by atoms with Crippen molar-refractivity contribution in [1.29, 1.82) is 0 Å². The molecule has 0 aliphatic heterocycles. The van der Waals surface area contributed by atoms with Crippen LogP contribution in [0, 0.1) is 0 Å². The molecule has 1 amide bonds. The van der Waals surface area contributed by atoms with Crippen molar-refractivity contribution < 1.29 is 49.0 Å². The van der Waals surface area contributed by atoms with Crippen molar-refractivity contribution in [3.05, 3.63) is 127 Å². The van der Waals surface area contributed by atoms with Crippen LogP contribution >= 0.6 is 34.0 Å². The number of nitrogens with one attached hydrogen (secondary N) is 1. The van der Waals surface area contributed by atoms with Crippen LogP contribution in [0.2, 0.25) is 0 Å². The quantitative estimate of drug-likeness (QED) is 0.0889. The second kappa shape index (κ2) is 18.7. The standard InChI is InChI=1S/C16H12N4O3S.C11H8N2O3S.C10H6N2O3S.C6H8N2O/c1-23-14-5-2-9(7-17-14)18-15(22)11-8-20-12-4-3-10(21)6-13(12)24-16(20)19-11;1-16-6-2-3-8-9(4-6)17-11-12-7(10(14)15)5-13(8)11;13-5-1-2-7-8(3-5)16-10-11-6(9(14)15)4-12(7)10;1-9-6-3-2-5(7)4-8-6/h2-8,21H,1H3,(H,18,22);2-5H,1H3,(H,14,15);1-4,13H,(H,14,15);2-4H,7H2,1H3. The number of nitrogen functional groups attached to an aromatic ring is 1. The summed E-state index contributed by atoms with van der Waals surface area (Å²) in [4.78, 5) is 56.1. The number of carboxylic acid groups (broad SMARTS) is 2. The highest BCUT2D eigenvalue weighted by Gasteiger charge is 2.17. The number of carbonyl (C=O) groups excluding carboxylic acids is 1. The summed E-state index contributed by atoms with van der Waals surface area (Å²) in [5.41, 5.74) is 9.65. The van der Waals surface area contributed by atoms with Crippen molar-refractivity contribution in [3.63, 3.8) is 0 Å². The zero-order chi connectivity index (χ0) is 46.6. The number of hydrogen-bond donors (Lipinski definition) is 6. The SMILES string of the molecule is COc1ccc(N)cn1.COc1ccc(NC(=O)c2cn3c(n2)sc2cc(O)ccc23)cn1.COc1ccc2c(c1)sc1nc(C(=O)O)cn12.O=C(O)c1cn2c(n1)sc1cc(O)ccc12. The number of benzene rings is 3. The van der Waals surface area contributed by atoms with Gasteiger partial charge < -0.3 is 45.7 Å². The first kappa shape index (κ1) is 44.1. The first-order valence-electron chi connectivity index (χ1n) is 19.0. The molecule has 8 heterocycles. The number of ether oxygens (including phenoxy) is 3. The van der Waals surface area contributed by atoms with E-state index in [-0.39, 0.29) is 28.8 Å². The van der Waals surface area contributed by atoms with Gasteiger partial charge in [-0.25, -0.2) is 34.5 Å². The number of rotatable bonds is 7. The third kappa shape index (κ3) is 9.37. The molecule has 0 radical (unpaired) electrons. The van der Waals surface area contributed by atoms with Gasteiger partial charge in [-0.2, -0.15) is 0 Å². The Bertz CT molecular complexity index is 3560. The lowest BCUT2D eigenvalue weighted by atomic mass is 10.3. The van der Waals surface area contributed by atoms with Gasteiger partial charge in [0.15, 0.2) is 26.3 Å². The van der Waals surface area contributed by atoms with Gasteiger partial charge in [0.25, 0.3) is 5.91 Å². The minimum atomic E-state index is -1.04. The number of methoxy groups -OCH3 is 3. The molecule has 0 saturated carbocycles. The van der Waals surface area contributed by atoms with Gasteiger partial charge in [-0.1, -0.05) is 34.0 Å². The van der Waals surface area contributed by atoms with E-state index < -0.39 is 11.9 Å². The van der Waals surface area contributed by atoms with Gasteiger partial charge >= 0.3 is 11.9 Å². The van der Waals surface area contributed by atoms with Crippen LogP contribution < -0.4 is 25.3 Å². The van der Waals surface area contributed by atoms with Gasteiger partial charge in [0, 0.05) is 30.7 Å². The second-order valence-corrected chi connectivity index (χ2v) is 16.6. The van der Waals surface area contributed by atoms with Gasteiger partial charge in [0.1, 0.15) is 22.9 Å². The first-order chi connectivity index (χ1) is 31.8. The van der Waals surface area contributed by atoms with E-state index in [0.29, 0.717) is 43.7 Å². The van der Waals surface area contributed by atoms with Crippen LogP contribution in [0.4, 0.5) is 11.4 Å². The summed E-state index contributed by atoms with van der Waals surface area (Å²) in [5.74, 6) is -0.127. The molecule has 0 aliphatic carbocycles. The molecular formula is C43H34N10O10S3. The Morgan fingerprint density at radius 1 is 0.576 bits per heavy atom. The lowest BCUT2D eigenvalue weighted by Gasteiger charge is -2.03. The zero-order valence-electron chi connectivity index (χ0n) is 34.5. The molecule has 0 atom stereocenters. The maximum Gasteiger partial charge on any atom is 0.356 e. The van der Waals surface area contributed by atoms with Crippen molar-refractivity contribution in [3.8, 4) is 29.0 Å². The molecule has 23 heteroatoms. The number of aromatic nitrogens is 8. The summed E-state index contributed by atoms with van der Waals surface area (Å²) in [6.07, 6.45) is 7.76. The summed E-state index contributed by atoms with van der Waals surface area (Å²) < 4.78 is 23.0. The number of aromatic carboxylic acids is 2. The number of phenolic OH excluding ortho intramolecular Hbond substituents is 2. The van der Waals surface area contributed by atoms with Crippen LogP contribution in [-0.4, -0.2) is 97.7 Å².